The van der Waals surface area contributed by atoms with Crippen molar-refractivity contribution in [1.82, 2.24) is 10.6 Å². The summed E-state index contributed by atoms with van der Waals surface area (Å²) in [5.74, 6) is 0.739. The molecule has 0 radical (unpaired) electrons. The number of benzene rings is 1. The van der Waals surface area contributed by atoms with Crippen molar-refractivity contribution in [2.45, 2.75) is 25.8 Å². The van der Waals surface area contributed by atoms with E-state index >= 15 is 0 Å². The molecule has 2 aromatic rings. The standard InChI is InChI=1S/C18H20N2O4/c21-17(19-10-16-5-2-8-23-16)11-20-18(22)12-24-15-7-6-13-3-1-4-14(13)9-15/h2,5-9H,1,3-4,10-12H2,(H,19,21)(H,20,22). The molecule has 1 aromatic heterocycles. The molecule has 0 atom stereocenters. The van der Waals surface area contributed by atoms with Gasteiger partial charge < -0.3 is 19.8 Å². The van der Waals surface area contributed by atoms with E-state index in [9.17, 15) is 9.59 Å². The Morgan fingerprint density at radius 3 is 2.79 bits per heavy atom. The summed E-state index contributed by atoms with van der Waals surface area (Å²) in [4.78, 5) is 23.4. The topological polar surface area (TPSA) is 80.6 Å². The van der Waals surface area contributed by atoms with Gasteiger partial charge in [0.25, 0.3) is 5.91 Å². The lowest BCUT2D eigenvalue weighted by Crippen LogP contribution is -2.38. The van der Waals surface area contributed by atoms with Crippen LogP contribution in [0.2, 0.25) is 0 Å². The molecule has 0 aliphatic heterocycles. The van der Waals surface area contributed by atoms with Crippen LogP contribution >= 0.6 is 0 Å². The highest BCUT2D eigenvalue weighted by molar-refractivity contribution is 5.85. The molecule has 1 aliphatic carbocycles. The van der Waals surface area contributed by atoms with Crippen LogP contribution in [0.25, 0.3) is 0 Å². The highest BCUT2D eigenvalue weighted by Gasteiger charge is 2.12. The minimum atomic E-state index is -0.330. The predicted octanol–water partition coefficient (Wildman–Crippen LogP) is 1.58. The Labute approximate surface area is 140 Å². The molecule has 1 aromatic carbocycles. The largest absolute Gasteiger partial charge is 0.484 e. The summed E-state index contributed by atoms with van der Waals surface area (Å²) in [5, 5.41) is 5.18. The lowest BCUT2D eigenvalue weighted by molar-refractivity contribution is -0.127. The first kappa shape index (κ1) is 16.1. The summed E-state index contributed by atoms with van der Waals surface area (Å²) in [6.07, 6.45) is 4.89. The molecular weight excluding hydrogens is 308 g/mol. The van der Waals surface area contributed by atoms with E-state index in [0.717, 1.165) is 12.8 Å². The smallest absolute Gasteiger partial charge is 0.258 e. The fourth-order valence-electron chi connectivity index (χ4n) is 2.68. The van der Waals surface area contributed by atoms with E-state index in [2.05, 4.69) is 16.7 Å². The summed E-state index contributed by atoms with van der Waals surface area (Å²) in [5.41, 5.74) is 2.66. The second kappa shape index (κ2) is 7.68. The van der Waals surface area contributed by atoms with Crippen LogP contribution in [0.3, 0.4) is 0 Å². The van der Waals surface area contributed by atoms with Gasteiger partial charge in [-0.05, 0) is 54.7 Å². The molecule has 1 heterocycles. The van der Waals surface area contributed by atoms with Gasteiger partial charge in [-0.2, -0.15) is 0 Å². The van der Waals surface area contributed by atoms with E-state index in [1.54, 1.807) is 18.4 Å². The Morgan fingerprint density at radius 1 is 1.08 bits per heavy atom. The van der Waals surface area contributed by atoms with Gasteiger partial charge in [-0.15, -0.1) is 0 Å². The number of amides is 2. The summed E-state index contributed by atoms with van der Waals surface area (Å²) in [7, 11) is 0. The molecule has 0 fully saturated rings. The number of rotatable bonds is 7. The van der Waals surface area contributed by atoms with Crippen molar-refractivity contribution in [1.29, 1.82) is 0 Å². The lowest BCUT2D eigenvalue weighted by Gasteiger charge is -2.09. The van der Waals surface area contributed by atoms with Gasteiger partial charge in [0, 0.05) is 0 Å². The number of aryl methyl sites for hydroxylation is 2. The van der Waals surface area contributed by atoms with Gasteiger partial charge >= 0.3 is 0 Å². The van der Waals surface area contributed by atoms with E-state index in [1.165, 1.54) is 17.5 Å². The van der Waals surface area contributed by atoms with Gasteiger partial charge in [-0.1, -0.05) is 6.07 Å². The first-order chi connectivity index (χ1) is 11.7. The second-order valence-corrected chi connectivity index (χ2v) is 5.71. The number of carbonyl (C=O) groups excluding carboxylic acids is 2. The van der Waals surface area contributed by atoms with Crippen molar-refractivity contribution in [3.05, 3.63) is 53.5 Å². The zero-order valence-corrected chi connectivity index (χ0v) is 13.3. The predicted molar refractivity (Wildman–Crippen MR) is 87.5 cm³/mol. The van der Waals surface area contributed by atoms with E-state index < -0.39 is 0 Å². The second-order valence-electron chi connectivity index (χ2n) is 5.71. The average Bonchev–Trinajstić information content (AvgIpc) is 3.26. The van der Waals surface area contributed by atoms with Crippen molar-refractivity contribution in [3.63, 3.8) is 0 Å². The number of furan rings is 1. The Bertz CT molecular complexity index is 710. The van der Waals surface area contributed by atoms with Crippen LogP contribution in [0.4, 0.5) is 0 Å². The van der Waals surface area contributed by atoms with Crippen LogP contribution < -0.4 is 15.4 Å². The maximum atomic E-state index is 11.8. The molecule has 24 heavy (non-hydrogen) atoms. The number of fused-ring (bicyclic) bond motifs is 1. The number of ether oxygens (including phenoxy) is 1. The molecule has 2 amide bonds. The van der Waals surface area contributed by atoms with E-state index in [4.69, 9.17) is 9.15 Å². The summed E-state index contributed by atoms with van der Waals surface area (Å²) < 4.78 is 10.6. The average molecular weight is 328 g/mol. The van der Waals surface area contributed by atoms with Crippen LogP contribution in [0.1, 0.15) is 23.3 Å². The summed E-state index contributed by atoms with van der Waals surface area (Å²) >= 11 is 0. The molecule has 6 heteroatoms. The Balaban J connectivity index is 1.35. The molecule has 1 aliphatic rings. The van der Waals surface area contributed by atoms with Crippen molar-refractivity contribution in [3.8, 4) is 5.75 Å². The van der Waals surface area contributed by atoms with Crippen LogP contribution in [0, 0.1) is 0 Å². The van der Waals surface area contributed by atoms with Crippen LogP contribution in [-0.2, 0) is 29.0 Å². The first-order valence-corrected chi connectivity index (χ1v) is 8.01. The molecule has 0 unspecified atom stereocenters. The van der Waals surface area contributed by atoms with Gasteiger partial charge in [-0.25, -0.2) is 0 Å². The Morgan fingerprint density at radius 2 is 1.96 bits per heavy atom. The zero-order chi connectivity index (χ0) is 16.8. The summed E-state index contributed by atoms with van der Waals surface area (Å²) in [6, 6.07) is 9.44. The third kappa shape index (κ3) is 4.38. The molecule has 0 spiro atoms. The number of hydrogen-bond acceptors (Lipinski definition) is 4. The number of hydrogen-bond donors (Lipinski definition) is 2. The maximum Gasteiger partial charge on any atom is 0.258 e. The third-order valence-electron chi connectivity index (χ3n) is 3.93. The van der Waals surface area contributed by atoms with Crippen molar-refractivity contribution < 1.29 is 18.7 Å². The minimum absolute atomic E-state index is 0.0902. The molecule has 0 saturated carbocycles. The monoisotopic (exact) mass is 328 g/mol. The fourth-order valence-corrected chi connectivity index (χ4v) is 2.68. The van der Waals surface area contributed by atoms with E-state index in [1.807, 2.05) is 12.1 Å². The van der Waals surface area contributed by atoms with Gasteiger partial charge in [-0.3, -0.25) is 9.59 Å². The molecular formula is C18H20N2O4. The van der Waals surface area contributed by atoms with Crippen LogP contribution in [-0.4, -0.2) is 25.0 Å². The summed E-state index contributed by atoms with van der Waals surface area (Å²) in [6.45, 7) is 0.102. The van der Waals surface area contributed by atoms with E-state index in [-0.39, 0.29) is 25.0 Å². The molecule has 2 N–H and O–H groups in total. The highest BCUT2D eigenvalue weighted by Crippen LogP contribution is 2.25. The Kier molecular flexibility index (Phi) is 5.15. The minimum Gasteiger partial charge on any atom is -0.484 e. The number of nitrogens with one attached hydrogen (secondary N) is 2. The highest BCUT2D eigenvalue weighted by atomic mass is 16.5. The third-order valence-corrected chi connectivity index (χ3v) is 3.93. The van der Waals surface area contributed by atoms with Crippen LogP contribution in [0.5, 0.6) is 5.75 Å². The molecule has 6 nitrogen and oxygen atoms in total. The van der Waals surface area contributed by atoms with Gasteiger partial charge in [0.15, 0.2) is 6.61 Å². The lowest BCUT2D eigenvalue weighted by atomic mass is 10.1. The fraction of sp³-hybridized carbons (Fsp3) is 0.333. The van der Waals surface area contributed by atoms with Gasteiger partial charge in [0.05, 0.1) is 19.4 Å². The van der Waals surface area contributed by atoms with Crippen molar-refractivity contribution in [2.24, 2.45) is 0 Å². The quantitative estimate of drug-likeness (QED) is 0.809. The maximum absolute atomic E-state index is 11.8. The first-order valence-electron chi connectivity index (χ1n) is 8.01. The van der Waals surface area contributed by atoms with E-state index in [0.29, 0.717) is 18.1 Å². The zero-order valence-electron chi connectivity index (χ0n) is 13.3. The van der Waals surface area contributed by atoms with Crippen LogP contribution in [0.15, 0.2) is 41.0 Å². The molecule has 0 bridgehead atoms. The normalized spacial score (nSPS) is 12.5. The SMILES string of the molecule is O=C(CNC(=O)COc1ccc2c(c1)CCC2)NCc1ccco1. The molecule has 0 saturated heterocycles. The van der Waals surface area contributed by atoms with Crippen molar-refractivity contribution >= 4 is 11.8 Å². The Hall–Kier alpha value is -2.76. The molecule has 3 rings (SSSR count). The van der Waals surface area contributed by atoms with Crippen molar-refractivity contribution in [2.75, 3.05) is 13.2 Å². The van der Waals surface area contributed by atoms with Gasteiger partial charge in [0.2, 0.25) is 5.91 Å². The molecule has 126 valence electrons. The van der Waals surface area contributed by atoms with Gasteiger partial charge in [0.1, 0.15) is 11.5 Å². The number of carbonyl (C=O) groups is 2.